The van der Waals surface area contributed by atoms with Gasteiger partial charge in [0.15, 0.2) is 8.32 Å². The fraction of sp³-hybridized carbons (Fsp3) is 1.00. The molecule has 0 N–H and O–H groups in total. The van der Waals surface area contributed by atoms with Crippen LogP contribution in [-0.4, -0.2) is 18.8 Å². The minimum absolute atomic E-state index is 0.364. The summed E-state index contributed by atoms with van der Waals surface area (Å²) in [7, 11) is -1.48. The van der Waals surface area contributed by atoms with Gasteiger partial charge in [-0.05, 0) is 36.9 Å². The van der Waals surface area contributed by atoms with Gasteiger partial charge in [-0.1, -0.05) is 43.4 Å². The largest absolute Gasteiger partial charge is 0.414 e. The maximum absolute atomic E-state index is 6.31. The van der Waals surface area contributed by atoms with Gasteiger partial charge in [-0.25, -0.2) is 0 Å². The van der Waals surface area contributed by atoms with E-state index >= 15 is 0 Å². The fourth-order valence-electron chi connectivity index (χ4n) is 1.49. The summed E-state index contributed by atoms with van der Waals surface area (Å²) in [6.45, 7) is 11.6. The first-order valence-electron chi connectivity index (χ1n) is 5.50. The van der Waals surface area contributed by atoms with Crippen LogP contribution < -0.4 is 0 Å². The number of rotatable bonds is 3. The van der Waals surface area contributed by atoms with Crippen molar-refractivity contribution in [3.63, 3.8) is 0 Å². The number of halogens is 1. The topological polar surface area (TPSA) is 9.23 Å². The molecule has 0 spiro atoms. The zero-order chi connectivity index (χ0) is 11.0. The second kappa shape index (κ2) is 4.42. The molecule has 0 bridgehead atoms. The van der Waals surface area contributed by atoms with E-state index in [4.69, 9.17) is 4.43 Å². The maximum atomic E-state index is 6.31. The highest BCUT2D eigenvalue weighted by Crippen LogP contribution is 2.41. The zero-order valence-corrected chi connectivity index (χ0v) is 13.2. The fourth-order valence-corrected chi connectivity index (χ4v) is 3.59. The highest BCUT2D eigenvalue weighted by Gasteiger charge is 2.41. The van der Waals surface area contributed by atoms with E-state index in [-0.39, 0.29) is 0 Å². The Hall–Kier alpha value is 0.907. The molecule has 0 atom stereocenters. The van der Waals surface area contributed by atoms with Crippen molar-refractivity contribution in [1.29, 1.82) is 0 Å². The number of hydrogen-bond acceptors (Lipinski definition) is 1. The van der Waals surface area contributed by atoms with E-state index in [1.54, 1.807) is 0 Å². The lowest BCUT2D eigenvalue weighted by Crippen LogP contribution is -2.47. The Balaban J connectivity index is 2.38. The van der Waals surface area contributed by atoms with Crippen molar-refractivity contribution in [2.24, 2.45) is 5.92 Å². The molecular weight excluding hydrogens is 303 g/mol. The molecule has 0 saturated heterocycles. The van der Waals surface area contributed by atoms with Crippen molar-refractivity contribution < 1.29 is 4.43 Å². The average Bonchev–Trinajstić information content (AvgIpc) is 1.93. The van der Waals surface area contributed by atoms with Gasteiger partial charge in [-0.15, -0.1) is 0 Å². The molecule has 1 aliphatic carbocycles. The number of hydrogen-bond donors (Lipinski definition) is 0. The van der Waals surface area contributed by atoms with Crippen LogP contribution in [0.5, 0.6) is 0 Å². The quantitative estimate of drug-likeness (QED) is 0.429. The maximum Gasteiger partial charge on any atom is 0.192 e. The molecule has 14 heavy (non-hydrogen) atoms. The Kier molecular flexibility index (Phi) is 4.09. The summed E-state index contributed by atoms with van der Waals surface area (Å²) in [5.41, 5.74) is 0. The van der Waals surface area contributed by atoms with Crippen LogP contribution in [0.4, 0.5) is 0 Å². The molecule has 0 aromatic carbocycles. The van der Waals surface area contributed by atoms with Crippen LogP contribution in [0, 0.1) is 5.92 Å². The summed E-state index contributed by atoms with van der Waals surface area (Å²) in [5.74, 6) is 0.936. The first kappa shape index (κ1) is 13.0. The van der Waals surface area contributed by atoms with E-state index in [1.807, 2.05) is 0 Å². The predicted octanol–water partition coefficient (Wildman–Crippen LogP) is 4.22. The van der Waals surface area contributed by atoms with Gasteiger partial charge in [0.25, 0.3) is 0 Å². The van der Waals surface area contributed by atoms with Crippen LogP contribution in [0.2, 0.25) is 18.1 Å². The monoisotopic (exact) mass is 326 g/mol. The molecule has 1 aliphatic rings. The molecule has 1 nitrogen and oxygen atoms in total. The summed E-state index contributed by atoms with van der Waals surface area (Å²) in [6, 6.07) is 0. The molecule has 1 rings (SSSR count). The summed E-state index contributed by atoms with van der Waals surface area (Å²) >= 11 is 2.48. The first-order chi connectivity index (χ1) is 6.26. The molecule has 1 saturated carbocycles. The second-order valence-electron chi connectivity index (χ2n) is 5.99. The van der Waals surface area contributed by atoms with E-state index in [1.165, 1.54) is 17.3 Å². The van der Waals surface area contributed by atoms with Gasteiger partial charge in [0.05, 0.1) is 0 Å². The van der Waals surface area contributed by atoms with Crippen molar-refractivity contribution in [2.75, 3.05) is 4.43 Å². The molecule has 0 radical (unpaired) electrons. The average molecular weight is 326 g/mol. The summed E-state index contributed by atoms with van der Waals surface area (Å²) < 4.78 is 7.61. The minimum atomic E-state index is -1.48. The van der Waals surface area contributed by atoms with Crippen LogP contribution in [0.15, 0.2) is 0 Å². The molecular formula is C11H23IOSi. The van der Waals surface area contributed by atoms with E-state index in [2.05, 4.69) is 56.5 Å². The Morgan fingerprint density at radius 3 is 2.14 bits per heavy atom. The molecule has 1 fully saturated rings. The molecule has 3 heteroatoms. The lowest BCUT2D eigenvalue weighted by atomic mass is 9.84. The highest BCUT2D eigenvalue weighted by molar-refractivity contribution is 14.1. The van der Waals surface area contributed by atoms with Gasteiger partial charge >= 0.3 is 0 Å². The third-order valence-electron chi connectivity index (χ3n) is 3.68. The lowest BCUT2D eigenvalue weighted by molar-refractivity contribution is 0.0641. The van der Waals surface area contributed by atoms with Gasteiger partial charge in [0, 0.05) is 10.5 Å². The van der Waals surface area contributed by atoms with Crippen molar-refractivity contribution in [3.05, 3.63) is 0 Å². The van der Waals surface area contributed by atoms with Gasteiger partial charge in [0.2, 0.25) is 0 Å². The van der Waals surface area contributed by atoms with Crippen LogP contribution in [0.3, 0.4) is 0 Å². The van der Waals surface area contributed by atoms with Gasteiger partial charge in [-0.2, -0.15) is 0 Å². The Bertz CT molecular complexity index is 192. The van der Waals surface area contributed by atoms with E-state index in [0.717, 1.165) is 5.92 Å². The van der Waals surface area contributed by atoms with E-state index in [9.17, 15) is 0 Å². The normalized spacial score (nSPS) is 28.7. The predicted molar refractivity (Wildman–Crippen MR) is 73.7 cm³/mol. The number of alkyl halides is 1. The molecule has 0 aromatic rings. The van der Waals surface area contributed by atoms with Gasteiger partial charge in [-0.3, -0.25) is 0 Å². The van der Waals surface area contributed by atoms with Crippen molar-refractivity contribution in [3.8, 4) is 0 Å². The second-order valence-corrected chi connectivity index (χ2v) is 11.6. The van der Waals surface area contributed by atoms with Gasteiger partial charge < -0.3 is 4.43 Å². The highest BCUT2D eigenvalue weighted by atomic mass is 127. The van der Waals surface area contributed by atoms with Crippen LogP contribution in [0.25, 0.3) is 0 Å². The molecule has 0 aromatic heterocycles. The first-order valence-corrected chi connectivity index (χ1v) is 9.93. The SMILES string of the molecule is CC(C)(C)[Si](C)(C)O[C@H]1C[C@@H](CI)C1. The Morgan fingerprint density at radius 1 is 1.29 bits per heavy atom. The molecule has 0 aliphatic heterocycles. The van der Waals surface area contributed by atoms with E-state index < -0.39 is 8.32 Å². The third kappa shape index (κ3) is 2.95. The van der Waals surface area contributed by atoms with E-state index in [0.29, 0.717) is 11.1 Å². The minimum Gasteiger partial charge on any atom is -0.414 e. The third-order valence-corrected chi connectivity index (χ3v) is 9.46. The Labute approximate surface area is 103 Å². The summed E-state index contributed by atoms with van der Waals surface area (Å²) in [5, 5.41) is 0.364. The van der Waals surface area contributed by atoms with Crippen LogP contribution in [-0.2, 0) is 4.43 Å². The van der Waals surface area contributed by atoms with Crippen LogP contribution >= 0.6 is 22.6 Å². The summed E-state index contributed by atoms with van der Waals surface area (Å²) in [6.07, 6.45) is 3.18. The smallest absolute Gasteiger partial charge is 0.192 e. The van der Waals surface area contributed by atoms with Gasteiger partial charge in [0.1, 0.15) is 0 Å². The molecule has 0 amide bonds. The standard InChI is InChI=1S/C11H23IOSi/c1-11(2,3)14(4,5)13-10-6-9(7-10)8-12/h9-10H,6-8H2,1-5H3/t9-,10+. The Morgan fingerprint density at radius 2 is 1.79 bits per heavy atom. The molecule has 0 unspecified atom stereocenters. The molecule has 84 valence electrons. The molecule has 0 heterocycles. The lowest BCUT2D eigenvalue weighted by Gasteiger charge is -2.44. The summed E-state index contributed by atoms with van der Waals surface area (Å²) in [4.78, 5) is 0. The van der Waals surface area contributed by atoms with Crippen molar-refractivity contribution in [1.82, 2.24) is 0 Å². The van der Waals surface area contributed by atoms with Crippen LogP contribution in [0.1, 0.15) is 33.6 Å². The van der Waals surface area contributed by atoms with Crippen molar-refractivity contribution >= 4 is 30.9 Å². The van der Waals surface area contributed by atoms with Crippen molar-refractivity contribution in [2.45, 2.75) is 57.8 Å². The zero-order valence-electron chi connectivity index (χ0n) is 10.1.